The molecule has 0 spiro atoms. The Labute approximate surface area is 184 Å². The maximum atomic E-state index is 12.7. The van der Waals surface area contributed by atoms with Gasteiger partial charge in [-0.1, -0.05) is 56.2 Å². The molecule has 0 bridgehead atoms. The zero-order valence-corrected chi connectivity index (χ0v) is 19.2. The summed E-state index contributed by atoms with van der Waals surface area (Å²) in [6.07, 6.45) is 6.98. The number of rotatable bonds is 3. The number of hydrogen-bond acceptors (Lipinski definition) is 2. The maximum Gasteiger partial charge on any atom is 0.417 e. The highest BCUT2D eigenvalue weighted by molar-refractivity contribution is 5.33. The Hall–Kier alpha value is -1.07. The molecule has 4 aliphatic rings. The van der Waals surface area contributed by atoms with Gasteiger partial charge in [0.25, 0.3) is 0 Å². The summed E-state index contributed by atoms with van der Waals surface area (Å²) < 4.78 is 38.1. The van der Waals surface area contributed by atoms with Gasteiger partial charge in [-0.2, -0.15) is 13.2 Å². The van der Waals surface area contributed by atoms with Gasteiger partial charge in [0.05, 0.1) is 5.60 Å². The molecule has 0 saturated heterocycles. The van der Waals surface area contributed by atoms with Gasteiger partial charge in [-0.25, -0.2) is 0 Å². The van der Waals surface area contributed by atoms with Crippen LogP contribution in [-0.4, -0.2) is 28.1 Å². The van der Waals surface area contributed by atoms with Crippen molar-refractivity contribution in [2.75, 3.05) is 0 Å². The zero-order valence-electron chi connectivity index (χ0n) is 19.2. The quantitative estimate of drug-likeness (QED) is 0.504. The summed E-state index contributed by atoms with van der Waals surface area (Å²) in [5, 5.41) is 20.0. The Bertz CT molecular complexity index is 808. The SMILES string of the molecule is C[C@H](/C=C/[C@@H](O)C(F)(F)F)C1=CC[C@H]2[C@@H]3CC=C4C[C@@](C)(O)CC[C@]4(C)[C@H]3CC[C@]12C. The average Bonchev–Trinajstić information content (AvgIpc) is 3.02. The Morgan fingerprint density at radius 1 is 1.00 bits per heavy atom. The van der Waals surface area contributed by atoms with Crippen LogP contribution in [0.3, 0.4) is 0 Å². The molecule has 0 amide bonds. The maximum absolute atomic E-state index is 12.7. The monoisotopic (exact) mass is 438 g/mol. The highest BCUT2D eigenvalue weighted by Gasteiger charge is 2.57. The summed E-state index contributed by atoms with van der Waals surface area (Å²) in [6.45, 7) is 8.62. The van der Waals surface area contributed by atoms with E-state index in [1.165, 1.54) is 17.2 Å². The van der Waals surface area contributed by atoms with Gasteiger partial charge in [0.15, 0.2) is 6.10 Å². The Morgan fingerprint density at radius 2 is 1.71 bits per heavy atom. The number of hydrogen-bond donors (Lipinski definition) is 2. The van der Waals surface area contributed by atoms with Crippen molar-refractivity contribution in [3.8, 4) is 0 Å². The molecular formula is C26H37F3O2. The van der Waals surface area contributed by atoms with Gasteiger partial charge in [-0.3, -0.25) is 0 Å². The Morgan fingerprint density at radius 3 is 2.39 bits per heavy atom. The van der Waals surface area contributed by atoms with Crippen LogP contribution in [0, 0.1) is 34.5 Å². The lowest BCUT2D eigenvalue weighted by molar-refractivity contribution is -0.187. The average molecular weight is 439 g/mol. The molecule has 0 unspecified atom stereocenters. The van der Waals surface area contributed by atoms with E-state index < -0.39 is 17.9 Å². The van der Waals surface area contributed by atoms with E-state index in [9.17, 15) is 23.4 Å². The van der Waals surface area contributed by atoms with Crippen LogP contribution in [0.1, 0.15) is 72.6 Å². The summed E-state index contributed by atoms with van der Waals surface area (Å²) in [7, 11) is 0. The van der Waals surface area contributed by atoms with E-state index in [-0.39, 0.29) is 16.7 Å². The van der Waals surface area contributed by atoms with E-state index in [0.717, 1.165) is 51.0 Å². The van der Waals surface area contributed by atoms with Crippen molar-refractivity contribution in [3.05, 3.63) is 35.5 Å². The van der Waals surface area contributed by atoms with Crippen LogP contribution in [0.15, 0.2) is 35.5 Å². The topological polar surface area (TPSA) is 40.5 Å². The van der Waals surface area contributed by atoms with Gasteiger partial charge in [0.1, 0.15) is 0 Å². The van der Waals surface area contributed by atoms with Gasteiger partial charge < -0.3 is 10.2 Å². The molecule has 2 saturated carbocycles. The molecule has 4 rings (SSSR count). The van der Waals surface area contributed by atoms with Crippen molar-refractivity contribution in [2.24, 2.45) is 34.5 Å². The second-order valence-corrected chi connectivity index (χ2v) is 11.4. The van der Waals surface area contributed by atoms with Gasteiger partial charge in [-0.05, 0) is 86.4 Å². The molecule has 2 nitrogen and oxygen atoms in total. The molecule has 0 heterocycles. The fourth-order valence-corrected chi connectivity index (χ4v) is 7.60. The van der Waals surface area contributed by atoms with Crippen LogP contribution in [0.4, 0.5) is 13.2 Å². The Balaban J connectivity index is 1.54. The van der Waals surface area contributed by atoms with E-state index in [4.69, 9.17) is 0 Å². The summed E-state index contributed by atoms with van der Waals surface area (Å²) >= 11 is 0. The fourth-order valence-electron chi connectivity index (χ4n) is 7.60. The molecule has 174 valence electrons. The summed E-state index contributed by atoms with van der Waals surface area (Å²) in [6, 6.07) is 0. The molecule has 5 heteroatoms. The molecule has 8 atom stereocenters. The summed E-state index contributed by atoms with van der Waals surface area (Å²) in [5.41, 5.74) is 2.27. The van der Waals surface area contributed by atoms with Crippen LogP contribution < -0.4 is 0 Å². The first-order chi connectivity index (χ1) is 14.3. The minimum atomic E-state index is -4.61. The van der Waals surface area contributed by atoms with Gasteiger partial charge >= 0.3 is 6.18 Å². The van der Waals surface area contributed by atoms with Crippen molar-refractivity contribution in [1.82, 2.24) is 0 Å². The van der Waals surface area contributed by atoms with Crippen LogP contribution in [0.2, 0.25) is 0 Å². The normalized spacial score (nSPS) is 44.7. The minimum absolute atomic E-state index is 0.00989. The van der Waals surface area contributed by atoms with E-state index in [2.05, 4.69) is 26.0 Å². The predicted octanol–water partition coefficient (Wildman–Crippen LogP) is 6.35. The zero-order chi connectivity index (χ0) is 22.8. The summed E-state index contributed by atoms with van der Waals surface area (Å²) in [4.78, 5) is 0. The largest absolute Gasteiger partial charge is 0.417 e. The minimum Gasteiger partial charge on any atom is -0.390 e. The van der Waals surface area contributed by atoms with Gasteiger partial charge in [-0.15, -0.1) is 0 Å². The highest BCUT2D eigenvalue weighted by atomic mass is 19.4. The van der Waals surface area contributed by atoms with Crippen molar-refractivity contribution in [3.63, 3.8) is 0 Å². The standard InChI is InChI=1S/C26H37F3O2/c1-16(5-10-22(30)26(27,28)29)19-8-9-20-18-7-6-17-15-23(2,31)13-14-24(17,3)21(18)11-12-25(19,20)4/h5-6,8,10,16,18,20-22,30-31H,7,9,11-15H2,1-4H3/b10-5+/t16-,18+,20+,21+,22-,23+,24+,25-/m1/s1. The number of allylic oxidation sites excluding steroid dienone is 4. The molecular weight excluding hydrogens is 401 g/mol. The molecule has 2 N–H and O–H groups in total. The lowest BCUT2D eigenvalue weighted by Crippen LogP contribution is -2.51. The van der Waals surface area contributed by atoms with Gasteiger partial charge in [0, 0.05) is 0 Å². The molecule has 2 fully saturated rings. The van der Waals surface area contributed by atoms with Crippen molar-refractivity contribution in [1.29, 1.82) is 0 Å². The molecule has 0 radical (unpaired) electrons. The van der Waals surface area contributed by atoms with Crippen molar-refractivity contribution >= 4 is 0 Å². The first kappa shape index (κ1) is 23.1. The van der Waals surface area contributed by atoms with E-state index >= 15 is 0 Å². The van der Waals surface area contributed by atoms with Gasteiger partial charge in [0.2, 0.25) is 0 Å². The molecule has 0 aromatic carbocycles. The second-order valence-electron chi connectivity index (χ2n) is 11.4. The molecule has 0 aromatic rings. The first-order valence-electron chi connectivity index (χ1n) is 11.8. The van der Waals surface area contributed by atoms with Crippen LogP contribution in [0.25, 0.3) is 0 Å². The molecule has 4 aliphatic carbocycles. The summed E-state index contributed by atoms with van der Waals surface area (Å²) in [5.74, 6) is 1.61. The lowest BCUT2D eigenvalue weighted by Gasteiger charge is -2.58. The van der Waals surface area contributed by atoms with E-state index in [0.29, 0.717) is 17.8 Å². The Kier molecular flexibility index (Phi) is 5.57. The molecule has 0 aromatic heterocycles. The first-order valence-corrected chi connectivity index (χ1v) is 11.8. The number of alkyl halides is 3. The lowest BCUT2D eigenvalue weighted by atomic mass is 9.46. The highest BCUT2D eigenvalue weighted by Crippen LogP contribution is 2.66. The fraction of sp³-hybridized carbons (Fsp3) is 0.769. The third-order valence-electron chi connectivity index (χ3n) is 9.43. The van der Waals surface area contributed by atoms with Crippen molar-refractivity contribution in [2.45, 2.75) is 90.5 Å². The predicted molar refractivity (Wildman–Crippen MR) is 116 cm³/mol. The smallest absolute Gasteiger partial charge is 0.390 e. The molecule has 31 heavy (non-hydrogen) atoms. The number of aliphatic hydroxyl groups is 2. The van der Waals surface area contributed by atoms with E-state index in [1.807, 2.05) is 13.8 Å². The number of aliphatic hydroxyl groups excluding tert-OH is 1. The second kappa shape index (κ2) is 7.48. The van der Waals surface area contributed by atoms with Crippen LogP contribution >= 0.6 is 0 Å². The van der Waals surface area contributed by atoms with Crippen molar-refractivity contribution < 1.29 is 23.4 Å². The third kappa shape index (κ3) is 3.84. The molecule has 0 aliphatic heterocycles. The van der Waals surface area contributed by atoms with E-state index in [1.54, 1.807) is 0 Å². The van der Waals surface area contributed by atoms with Crippen LogP contribution in [0.5, 0.6) is 0 Å². The number of fused-ring (bicyclic) bond motifs is 5. The number of halogens is 3. The third-order valence-corrected chi connectivity index (χ3v) is 9.43. The van der Waals surface area contributed by atoms with Crippen LogP contribution in [-0.2, 0) is 0 Å².